The van der Waals surface area contributed by atoms with E-state index in [1.165, 1.54) is 0 Å². The Labute approximate surface area is 165 Å². The van der Waals surface area contributed by atoms with Crippen molar-refractivity contribution in [3.8, 4) is 0 Å². The van der Waals surface area contributed by atoms with E-state index in [2.05, 4.69) is 5.32 Å². The normalized spacial score (nSPS) is 11.5. The van der Waals surface area contributed by atoms with Gasteiger partial charge in [-0.15, -0.1) is 0 Å². The number of rotatable bonds is 7. The summed E-state index contributed by atoms with van der Waals surface area (Å²) in [5, 5.41) is 2.72. The number of benzene rings is 3. The molecule has 0 unspecified atom stereocenters. The maximum atomic E-state index is 13.3. The highest BCUT2D eigenvalue weighted by Gasteiger charge is 2.30. The fraction of sp³-hybridized carbons (Fsp3) is 0.167. The second kappa shape index (κ2) is 9.51. The van der Waals surface area contributed by atoms with Gasteiger partial charge in [0, 0.05) is 13.6 Å². The first kappa shape index (κ1) is 19.4. The number of hydrogen-bond donors (Lipinski definition) is 1. The van der Waals surface area contributed by atoms with Crippen LogP contribution in [0.2, 0.25) is 0 Å². The third-order valence-electron chi connectivity index (χ3n) is 4.64. The molecule has 0 bridgehead atoms. The minimum atomic E-state index is -0.692. The molecular formula is C24H24N2O2. The van der Waals surface area contributed by atoms with E-state index in [0.29, 0.717) is 6.54 Å². The van der Waals surface area contributed by atoms with Crippen LogP contribution in [0.1, 0.15) is 22.7 Å². The average Bonchev–Trinajstić information content (AvgIpc) is 2.75. The standard InChI is InChI=1S/C24H24N2O2/c1-25-24(28)23(21-15-9-4-10-16-21)26(18-20-13-7-3-8-14-20)22(27)17-19-11-5-2-6-12-19/h2-16,23H,17-18H2,1H3,(H,25,28)/t23-/m1/s1. The van der Waals surface area contributed by atoms with Crippen LogP contribution in [0.25, 0.3) is 0 Å². The molecule has 4 heteroatoms. The third-order valence-corrected chi connectivity index (χ3v) is 4.64. The van der Waals surface area contributed by atoms with Crippen LogP contribution < -0.4 is 5.32 Å². The van der Waals surface area contributed by atoms with E-state index >= 15 is 0 Å². The van der Waals surface area contributed by atoms with Gasteiger partial charge in [-0.3, -0.25) is 9.59 Å². The molecule has 28 heavy (non-hydrogen) atoms. The Hall–Kier alpha value is -3.40. The van der Waals surface area contributed by atoms with E-state index in [4.69, 9.17) is 0 Å². The lowest BCUT2D eigenvalue weighted by atomic mass is 10.0. The second-order valence-electron chi connectivity index (χ2n) is 6.60. The molecule has 0 radical (unpaired) electrons. The van der Waals surface area contributed by atoms with E-state index in [1.807, 2.05) is 91.0 Å². The van der Waals surface area contributed by atoms with Crippen LogP contribution >= 0.6 is 0 Å². The quantitative estimate of drug-likeness (QED) is 0.687. The van der Waals surface area contributed by atoms with Gasteiger partial charge in [-0.2, -0.15) is 0 Å². The Balaban J connectivity index is 1.97. The number of amides is 2. The molecule has 3 rings (SSSR count). The Morgan fingerprint density at radius 1 is 0.786 bits per heavy atom. The van der Waals surface area contributed by atoms with Gasteiger partial charge in [0.2, 0.25) is 11.8 Å². The van der Waals surface area contributed by atoms with Gasteiger partial charge >= 0.3 is 0 Å². The van der Waals surface area contributed by atoms with Crippen molar-refractivity contribution in [3.05, 3.63) is 108 Å². The van der Waals surface area contributed by atoms with E-state index < -0.39 is 6.04 Å². The van der Waals surface area contributed by atoms with Crippen molar-refractivity contribution in [1.29, 1.82) is 0 Å². The summed E-state index contributed by atoms with van der Waals surface area (Å²) in [4.78, 5) is 27.8. The third kappa shape index (κ3) is 4.86. The van der Waals surface area contributed by atoms with Crippen molar-refractivity contribution in [2.24, 2.45) is 0 Å². The van der Waals surface area contributed by atoms with Crippen LogP contribution in [0, 0.1) is 0 Å². The van der Waals surface area contributed by atoms with Crippen LogP contribution in [-0.2, 0) is 22.6 Å². The van der Waals surface area contributed by atoms with Crippen LogP contribution in [0.4, 0.5) is 0 Å². The first-order valence-electron chi connectivity index (χ1n) is 9.33. The molecule has 0 aliphatic rings. The summed E-state index contributed by atoms with van der Waals surface area (Å²) < 4.78 is 0. The van der Waals surface area contributed by atoms with Crippen molar-refractivity contribution >= 4 is 11.8 Å². The fourth-order valence-electron chi connectivity index (χ4n) is 3.22. The first-order valence-corrected chi connectivity index (χ1v) is 9.33. The molecular weight excluding hydrogens is 348 g/mol. The van der Waals surface area contributed by atoms with E-state index in [-0.39, 0.29) is 18.2 Å². The Morgan fingerprint density at radius 2 is 1.29 bits per heavy atom. The van der Waals surface area contributed by atoms with Crippen molar-refractivity contribution in [1.82, 2.24) is 10.2 Å². The largest absolute Gasteiger partial charge is 0.357 e. The molecule has 3 aromatic rings. The minimum absolute atomic E-state index is 0.0903. The molecule has 2 amide bonds. The summed E-state index contributed by atoms with van der Waals surface area (Å²) in [5.74, 6) is -0.295. The van der Waals surface area contributed by atoms with Crippen molar-refractivity contribution in [2.75, 3.05) is 7.05 Å². The highest BCUT2D eigenvalue weighted by atomic mass is 16.2. The highest BCUT2D eigenvalue weighted by molar-refractivity contribution is 5.89. The van der Waals surface area contributed by atoms with Crippen molar-refractivity contribution in [2.45, 2.75) is 19.0 Å². The second-order valence-corrected chi connectivity index (χ2v) is 6.60. The number of carbonyl (C=O) groups excluding carboxylic acids is 2. The predicted octanol–water partition coefficient (Wildman–Crippen LogP) is 3.75. The number of likely N-dealkylation sites (N-methyl/N-ethyl adjacent to an activating group) is 1. The zero-order valence-electron chi connectivity index (χ0n) is 15.9. The molecule has 0 saturated carbocycles. The molecule has 0 fully saturated rings. The summed E-state index contributed by atoms with van der Waals surface area (Å²) in [6, 6.07) is 28.1. The lowest BCUT2D eigenvalue weighted by Gasteiger charge is -2.31. The number of hydrogen-bond acceptors (Lipinski definition) is 2. The monoisotopic (exact) mass is 372 g/mol. The molecule has 1 N–H and O–H groups in total. The van der Waals surface area contributed by atoms with E-state index in [9.17, 15) is 9.59 Å². The van der Waals surface area contributed by atoms with Gasteiger partial charge in [0.15, 0.2) is 0 Å². The summed E-state index contributed by atoms with van der Waals surface area (Å²) in [6.07, 6.45) is 0.244. The molecule has 0 saturated heterocycles. The van der Waals surface area contributed by atoms with Gasteiger partial charge in [0.1, 0.15) is 6.04 Å². The summed E-state index contributed by atoms with van der Waals surface area (Å²) in [5.41, 5.74) is 2.70. The van der Waals surface area contributed by atoms with Crippen molar-refractivity contribution in [3.63, 3.8) is 0 Å². The summed E-state index contributed by atoms with van der Waals surface area (Å²) >= 11 is 0. The zero-order valence-corrected chi connectivity index (χ0v) is 15.9. The SMILES string of the molecule is CNC(=O)[C@@H](c1ccccc1)N(Cc1ccccc1)C(=O)Cc1ccccc1. The molecule has 0 aliphatic heterocycles. The average molecular weight is 372 g/mol. The number of nitrogens with zero attached hydrogens (tertiary/aromatic N) is 1. The Morgan fingerprint density at radius 3 is 1.82 bits per heavy atom. The predicted molar refractivity (Wildman–Crippen MR) is 110 cm³/mol. The fourth-order valence-corrected chi connectivity index (χ4v) is 3.22. The Bertz CT molecular complexity index is 896. The lowest BCUT2D eigenvalue weighted by molar-refractivity contribution is -0.141. The smallest absolute Gasteiger partial charge is 0.247 e. The van der Waals surface area contributed by atoms with Crippen LogP contribution in [-0.4, -0.2) is 23.8 Å². The van der Waals surface area contributed by atoms with Crippen LogP contribution in [0.5, 0.6) is 0 Å². The molecule has 142 valence electrons. The minimum Gasteiger partial charge on any atom is -0.357 e. The first-order chi connectivity index (χ1) is 13.7. The van der Waals surface area contributed by atoms with Gasteiger partial charge in [0.05, 0.1) is 6.42 Å². The van der Waals surface area contributed by atoms with Gasteiger partial charge in [-0.1, -0.05) is 91.0 Å². The number of nitrogens with one attached hydrogen (secondary N) is 1. The van der Waals surface area contributed by atoms with Gasteiger partial charge in [-0.25, -0.2) is 0 Å². The summed E-state index contributed by atoms with van der Waals surface area (Å²) in [6.45, 7) is 0.361. The topological polar surface area (TPSA) is 49.4 Å². The lowest BCUT2D eigenvalue weighted by Crippen LogP contribution is -2.43. The molecule has 0 spiro atoms. The van der Waals surface area contributed by atoms with Crippen molar-refractivity contribution < 1.29 is 9.59 Å². The summed E-state index contributed by atoms with van der Waals surface area (Å²) in [7, 11) is 1.60. The molecule has 0 aliphatic carbocycles. The van der Waals surface area contributed by atoms with Crippen LogP contribution in [0.15, 0.2) is 91.0 Å². The maximum Gasteiger partial charge on any atom is 0.247 e. The van der Waals surface area contributed by atoms with Crippen LogP contribution in [0.3, 0.4) is 0 Å². The van der Waals surface area contributed by atoms with Gasteiger partial charge < -0.3 is 10.2 Å². The maximum absolute atomic E-state index is 13.3. The Kier molecular flexibility index (Phi) is 6.58. The molecule has 4 nitrogen and oxygen atoms in total. The molecule has 3 aromatic carbocycles. The molecule has 0 heterocycles. The molecule has 1 atom stereocenters. The van der Waals surface area contributed by atoms with E-state index in [1.54, 1.807) is 11.9 Å². The number of carbonyl (C=O) groups is 2. The van der Waals surface area contributed by atoms with Gasteiger partial charge in [0.25, 0.3) is 0 Å². The molecule has 0 aromatic heterocycles. The highest BCUT2D eigenvalue weighted by Crippen LogP contribution is 2.24. The van der Waals surface area contributed by atoms with E-state index in [0.717, 1.165) is 16.7 Å². The zero-order chi connectivity index (χ0) is 19.8. The van der Waals surface area contributed by atoms with Gasteiger partial charge in [-0.05, 0) is 16.7 Å².